The number of hydrogen-bond acceptors (Lipinski definition) is 8. The molecule has 0 spiro atoms. The third-order valence-corrected chi connectivity index (χ3v) is 8.90. The fourth-order valence-corrected chi connectivity index (χ4v) is 6.11. The number of nitrogens with one attached hydrogen (secondary N) is 2. The third kappa shape index (κ3) is 8.25. The summed E-state index contributed by atoms with van der Waals surface area (Å²) in [5.74, 6) is 0.512. The lowest BCUT2D eigenvalue weighted by atomic mass is 9.81. The maximum atomic E-state index is 14.7. The Morgan fingerprint density at radius 1 is 0.904 bits per heavy atom. The number of aliphatic hydroxyl groups excluding tert-OH is 1. The van der Waals surface area contributed by atoms with Crippen LogP contribution in [0.2, 0.25) is 0 Å². The van der Waals surface area contributed by atoms with Gasteiger partial charge >= 0.3 is 0 Å². The quantitative estimate of drug-likeness (QED) is 0.0341. The van der Waals surface area contributed by atoms with Crippen molar-refractivity contribution >= 4 is 23.2 Å². The van der Waals surface area contributed by atoms with Crippen LogP contribution >= 0.6 is 0 Å². The molecular weight excluding hydrogens is 654 g/mol. The van der Waals surface area contributed by atoms with Crippen LogP contribution in [0, 0.1) is 0 Å². The SMILES string of the molecule is CN(C)c1ccc(CNNC(=O)[C@@]2(Cc3ccccc3N=[N+]=[N-])N=C(c3ccc(OCCCO)cc3)O[C@H]2c2ccc(-c3ccccc3)cc2)cc1. The minimum Gasteiger partial charge on any atom is -0.494 e. The van der Waals surface area contributed by atoms with Crippen LogP contribution in [0.5, 0.6) is 5.75 Å². The molecule has 0 aliphatic carbocycles. The summed E-state index contributed by atoms with van der Waals surface area (Å²) < 4.78 is 12.4. The standard InChI is InChI=1S/C41H41N7O4/c1-48(2)35-21-13-29(14-22-35)28-43-46-40(50)41(27-34-11-6-7-12-37(34)45-47-42)38(32-17-15-31(16-18-32)30-9-4-3-5-10-30)52-39(44-41)33-19-23-36(24-20-33)51-26-8-25-49/h3-7,9-24,38,43,49H,8,25-28H2,1-2H3,(H,46,50)/t38-,41-/m0/s1. The zero-order valence-electron chi connectivity index (χ0n) is 29.1. The number of ether oxygens (including phenoxy) is 2. The van der Waals surface area contributed by atoms with Crippen molar-refractivity contribution in [2.75, 3.05) is 32.2 Å². The Morgan fingerprint density at radius 2 is 1.58 bits per heavy atom. The van der Waals surface area contributed by atoms with Crippen LogP contribution in [0.25, 0.3) is 21.6 Å². The van der Waals surface area contributed by atoms with Crippen LogP contribution < -0.4 is 20.5 Å². The maximum absolute atomic E-state index is 14.7. The van der Waals surface area contributed by atoms with Gasteiger partial charge in [-0.25, -0.2) is 10.4 Å². The third-order valence-electron chi connectivity index (χ3n) is 8.90. The van der Waals surface area contributed by atoms with Crippen molar-refractivity contribution in [1.82, 2.24) is 10.9 Å². The van der Waals surface area contributed by atoms with Crippen molar-refractivity contribution in [3.05, 3.63) is 160 Å². The second kappa shape index (κ2) is 16.7. The molecule has 3 N–H and O–H groups in total. The summed E-state index contributed by atoms with van der Waals surface area (Å²) in [6.45, 7) is 0.798. The minimum absolute atomic E-state index is 0.0426. The molecule has 0 unspecified atom stereocenters. The minimum atomic E-state index is -1.53. The highest BCUT2D eigenvalue weighted by Gasteiger charge is 2.53. The average Bonchev–Trinajstić information content (AvgIpc) is 3.57. The monoisotopic (exact) mass is 695 g/mol. The number of carbonyl (C=O) groups is 1. The van der Waals surface area contributed by atoms with Gasteiger partial charge in [0.2, 0.25) is 5.90 Å². The first-order valence-corrected chi connectivity index (χ1v) is 17.1. The van der Waals surface area contributed by atoms with Crippen molar-refractivity contribution < 1.29 is 19.4 Å². The molecule has 0 aromatic heterocycles. The summed E-state index contributed by atoms with van der Waals surface area (Å²) in [6.07, 6.45) is -0.259. The first kappa shape index (κ1) is 35.7. The smallest absolute Gasteiger partial charge is 0.266 e. The Labute approximate surface area is 303 Å². The molecule has 1 aliphatic rings. The lowest BCUT2D eigenvalue weighted by Gasteiger charge is -2.31. The van der Waals surface area contributed by atoms with E-state index in [-0.39, 0.29) is 18.9 Å². The summed E-state index contributed by atoms with van der Waals surface area (Å²) >= 11 is 0. The van der Waals surface area contributed by atoms with Gasteiger partial charge in [-0.05, 0) is 69.7 Å². The van der Waals surface area contributed by atoms with Gasteiger partial charge in [0, 0.05) is 61.9 Å². The van der Waals surface area contributed by atoms with Crippen LogP contribution in [-0.4, -0.2) is 49.8 Å². The number of aliphatic imine (C=N–C) groups is 1. The molecule has 0 radical (unpaired) electrons. The number of amides is 1. The zero-order chi connectivity index (χ0) is 36.3. The van der Waals surface area contributed by atoms with Gasteiger partial charge in [0.15, 0.2) is 11.6 Å². The molecular formula is C41H41N7O4. The highest BCUT2D eigenvalue weighted by atomic mass is 16.5. The van der Waals surface area contributed by atoms with E-state index in [0.717, 1.165) is 27.9 Å². The molecule has 11 heteroatoms. The lowest BCUT2D eigenvalue weighted by molar-refractivity contribution is -0.130. The molecule has 1 heterocycles. The molecule has 52 heavy (non-hydrogen) atoms. The van der Waals surface area contributed by atoms with Gasteiger partial charge in [0.05, 0.1) is 6.61 Å². The number of anilines is 1. The van der Waals surface area contributed by atoms with Crippen LogP contribution in [0.15, 0.2) is 138 Å². The van der Waals surface area contributed by atoms with E-state index in [0.29, 0.717) is 42.1 Å². The molecule has 11 nitrogen and oxygen atoms in total. The second-order valence-corrected chi connectivity index (χ2v) is 12.6. The molecule has 264 valence electrons. The van der Waals surface area contributed by atoms with Gasteiger partial charge in [-0.15, -0.1) is 0 Å². The van der Waals surface area contributed by atoms with E-state index in [1.54, 1.807) is 12.1 Å². The van der Waals surface area contributed by atoms with E-state index in [1.807, 2.05) is 134 Å². The average molecular weight is 696 g/mol. The van der Waals surface area contributed by atoms with E-state index in [9.17, 15) is 10.3 Å². The highest BCUT2D eigenvalue weighted by molar-refractivity contribution is 6.01. The van der Waals surface area contributed by atoms with Crippen molar-refractivity contribution in [3.63, 3.8) is 0 Å². The van der Waals surface area contributed by atoms with Gasteiger partial charge in [0.1, 0.15) is 5.75 Å². The van der Waals surface area contributed by atoms with E-state index in [1.165, 1.54) is 0 Å². The Bertz CT molecular complexity index is 2030. The number of rotatable bonds is 15. The van der Waals surface area contributed by atoms with Gasteiger partial charge in [-0.2, -0.15) is 0 Å². The summed E-state index contributed by atoms with van der Waals surface area (Å²) in [6, 6.07) is 40.5. The topological polar surface area (TPSA) is 144 Å². The largest absolute Gasteiger partial charge is 0.494 e. The van der Waals surface area contributed by atoms with Crippen LogP contribution in [-0.2, 0) is 22.5 Å². The summed E-state index contributed by atoms with van der Waals surface area (Å²) in [4.78, 5) is 24.9. The number of azide groups is 1. The Morgan fingerprint density at radius 3 is 2.27 bits per heavy atom. The molecule has 1 amide bonds. The van der Waals surface area contributed by atoms with Gasteiger partial charge in [-0.3, -0.25) is 10.2 Å². The second-order valence-electron chi connectivity index (χ2n) is 12.6. The predicted molar refractivity (Wildman–Crippen MR) is 203 cm³/mol. The molecule has 0 fully saturated rings. The van der Waals surface area contributed by atoms with Gasteiger partial charge < -0.3 is 19.5 Å². The highest BCUT2D eigenvalue weighted by Crippen LogP contribution is 2.44. The molecule has 2 atom stereocenters. The molecule has 5 aromatic rings. The summed E-state index contributed by atoms with van der Waals surface area (Å²) in [5, 5.41) is 13.1. The molecule has 0 bridgehead atoms. The van der Waals surface area contributed by atoms with E-state index in [4.69, 9.17) is 19.6 Å². The Kier molecular flexibility index (Phi) is 11.5. The fraction of sp³-hybridized carbons (Fsp3) is 0.220. The normalized spacial score (nSPS) is 16.3. The molecule has 1 aliphatic heterocycles. The van der Waals surface area contributed by atoms with Crippen molar-refractivity contribution in [2.45, 2.75) is 31.0 Å². The van der Waals surface area contributed by atoms with Gasteiger partial charge in [0.25, 0.3) is 5.91 Å². The summed E-state index contributed by atoms with van der Waals surface area (Å²) in [5.41, 5.74) is 20.5. The summed E-state index contributed by atoms with van der Waals surface area (Å²) in [7, 11) is 3.97. The van der Waals surface area contributed by atoms with Crippen LogP contribution in [0.3, 0.4) is 0 Å². The van der Waals surface area contributed by atoms with Crippen molar-refractivity contribution in [3.8, 4) is 16.9 Å². The van der Waals surface area contributed by atoms with E-state index in [2.05, 4.69) is 20.9 Å². The number of benzene rings is 5. The fourth-order valence-electron chi connectivity index (χ4n) is 6.11. The number of nitrogens with zero attached hydrogens (tertiary/aromatic N) is 5. The van der Waals surface area contributed by atoms with Crippen LogP contribution in [0.1, 0.15) is 34.8 Å². The first-order chi connectivity index (χ1) is 25.4. The van der Waals surface area contributed by atoms with E-state index >= 15 is 0 Å². The predicted octanol–water partition coefficient (Wildman–Crippen LogP) is 7.44. The van der Waals surface area contributed by atoms with Crippen molar-refractivity contribution in [1.29, 1.82) is 0 Å². The number of hydrogen-bond donors (Lipinski definition) is 3. The lowest BCUT2D eigenvalue weighted by Crippen LogP contribution is -2.53. The molecule has 6 rings (SSSR count). The zero-order valence-corrected chi connectivity index (χ0v) is 29.1. The number of carbonyl (C=O) groups excluding carboxylic acids is 1. The van der Waals surface area contributed by atoms with Crippen molar-refractivity contribution in [2.24, 2.45) is 10.1 Å². The Balaban J connectivity index is 1.39. The van der Waals surface area contributed by atoms with Gasteiger partial charge in [-0.1, -0.05) is 96.1 Å². The maximum Gasteiger partial charge on any atom is 0.266 e. The number of hydrazine groups is 1. The van der Waals surface area contributed by atoms with E-state index < -0.39 is 17.6 Å². The first-order valence-electron chi connectivity index (χ1n) is 17.1. The Hall–Kier alpha value is -6.13. The number of aliphatic hydroxyl groups is 1. The molecule has 5 aromatic carbocycles. The molecule has 0 saturated heterocycles. The van der Waals surface area contributed by atoms with Crippen LogP contribution in [0.4, 0.5) is 11.4 Å². The molecule has 0 saturated carbocycles.